The maximum atomic E-state index is 8.20. The second kappa shape index (κ2) is 12.2. The summed E-state index contributed by atoms with van der Waals surface area (Å²) in [7, 11) is 0. The molecular weight excluding hydrogens is 174 g/mol. The normalized spacial score (nSPS) is 9.64. The Hall–Kier alpha value is -0.810. The van der Waals surface area contributed by atoms with Gasteiger partial charge in [0.2, 0.25) is 0 Å². The van der Waals surface area contributed by atoms with Gasteiger partial charge in [-0.25, -0.2) is 0 Å². The van der Waals surface area contributed by atoms with Crippen LogP contribution < -0.4 is 0 Å². The van der Waals surface area contributed by atoms with Crippen molar-refractivity contribution in [3.63, 3.8) is 0 Å². The van der Waals surface area contributed by atoms with Crippen molar-refractivity contribution in [3.8, 4) is 6.07 Å². The minimum Gasteiger partial charge on any atom is -0.380 e. The zero-order valence-electron chi connectivity index (χ0n) is 8.87. The summed E-state index contributed by atoms with van der Waals surface area (Å²) in [5.74, 6) is 0. The molecule has 0 N–H and O–H groups in total. The summed E-state index contributed by atoms with van der Waals surface area (Å²) in [5.41, 5.74) is 0. The fraction of sp³-hybridized carbons (Fsp3) is 0.667. The molecule has 0 spiro atoms. The van der Waals surface area contributed by atoms with Crippen LogP contribution in [0.2, 0.25) is 0 Å². The van der Waals surface area contributed by atoms with Gasteiger partial charge in [0.05, 0.1) is 19.1 Å². The monoisotopic (exact) mass is 194 g/mol. The number of nitrogens with zero attached hydrogens (tertiary/aromatic N) is 1. The molecule has 79 valence electrons. The van der Waals surface area contributed by atoms with E-state index in [0.29, 0.717) is 6.61 Å². The van der Waals surface area contributed by atoms with Gasteiger partial charge < -0.3 is 4.74 Å². The summed E-state index contributed by atoms with van der Waals surface area (Å²) in [5, 5.41) is 8.20. The van der Waals surface area contributed by atoms with Crippen LogP contribution in [0, 0.1) is 17.8 Å². The highest BCUT2D eigenvalue weighted by atomic mass is 16.5. The van der Waals surface area contributed by atoms with E-state index in [1.54, 1.807) is 0 Å². The van der Waals surface area contributed by atoms with E-state index in [1.807, 2.05) is 12.1 Å². The van der Waals surface area contributed by atoms with Crippen LogP contribution in [0.25, 0.3) is 0 Å². The topological polar surface area (TPSA) is 33.0 Å². The van der Waals surface area contributed by atoms with Crippen molar-refractivity contribution < 1.29 is 4.74 Å². The van der Waals surface area contributed by atoms with Gasteiger partial charge in [-0.2, -0.15) is 5.26 Å². The molecule has 0 aliphatic carbocycles. The van der Waals surface area contributed by atoms with Crippen molar-refractivity contribution in [2.45, 2.75) is 38.5 Å². The highest BCUT2D eigenvalue weighted by Gasteiger charge is 1.91. The second-order valence-corrected chi connectivity index (χ2v) is 3.25. The molecule has 1 radical (unpaired) electrons. The average Bonchev–Trinajstić information content (AvgIpc) is 2.21. The Morgan fingerprint density at radius 3 is 2.57 bits per heavy atom. The standard InChI is InChI=1S/C12H20NO/c1-2-3-4-5-6-7-8-11-14-12-9-10-13/h2,9H,1,3-8,11-12H2. The predicted octanol–water partition coefficient (Wildman–Crippen LogP) is 3.26. The van der Waals surface area contributed by atoms with Crippen LogP contribution in [0.5, 0.6) is 0 Å². The number of hydrogen-bond donors (Lipinski definition) is 0. The number of allylic oxidation sites excluding steroid dienone is 1. The van der Waals surface area contributed by atoms with E-state index in [9.17, 15) is 0 Å². The lowest BCUT2D eigenvalue weighted by molar-refractivity contribution is 0.151. The van der Waals surface area contributed by atoms with Crippen molar-refractivity contribution in [2.75, 3.05) is 13.2 Å². The largest absolute Gasteiger partial charge is 0.380 e. The summed E-state index contributed by atoms with van der Waals surface area (Å²) in [6, 6.07) is 1.93. The Morgan fingerprint density at radius 1 is 1.14 bits per heavy atom. The van der Waals surface area contributed by atoms with Crippen LogP contribution in [0.15, 0.2) is 12.7 Å². The fourth-order valence-corrected chi connectivity index (χ4v) is 1.20. The van der Waals surface area contributed by atoms with Crippen LogP contribution in [0.1, 0.15) is 38.5 Å². The lowest BCUT2D eigenvalue weighted by atomic mass is 10.1. The molecule has 14 heavy (non-hydrogen) atoms. The van der Waals surface area contributed by atoms with Gasteiger partial charge in [0.25, 0.3) is 0 Å². The number of rotatable bonds is 10. The van der Waals surface area contributed by atoms with Crippen molar-refractivity contribution in [3.05, 3.63) is 19.1 Å². The Kier molecular flexibility index (Phi) is 11.5. The minimum absolute atomic E-state index is 0.465. The first-order chi connectivity index (χ1) is 6.91. The molecule has 0 atom stereocenters. The van der Waals surface area contributed by atoms with Gasteiger partial charge >= 0.3 is 0 Å². The second-order valence-electron chi connectivity index (χ2n) is 3.25. The van der Waals surface area contributed by atoms with Gasteiger partial charge in [-0.1, -0.05) is 25.3 Å². The molecule has 0 aromatic rings. The van der Waals surface area contributed by atoms with E-state index < -0.39 is 0 Å². The number of unbranched alkanes of at least 4 members (excludes halogenated alkanes) is 5. The molecule has 0 bridgehead atoms. The highest BCUT2D eigenvalue weighted by molar-refractivity contribution is 4.90. The first-order valence-corrected chi connectivity index (χ1v) is 5.31. The zero-order valence-corrected chi connectivity index (χ0v) is 8.87. The number of nitriles is 1. The average molecular weight is 194 g/mol. The third-order valence-corrected chi connectivity index (χ3v) is 1.99. The molecular formula is C12H20NO. The van der Waals surface area contributed by atoms with Crippen LogP contribution >= 0.6 is 0 Å². The molecule has 0 rings (SSSR count). The van der Waals surface area contributed by atoms with Gasteiger partial charge in [0.1, 0.15) is 0 Å². The molecule has 2 nitrogen and oxygen atoms in total. The molecule has 0 heterocycles. The summed E-state index contributed by atoms with van der Waals surface area (Å²) in [4.78, 5) is 0. The third-order valence-electron chi connectivity index (χ3n) is 1.99. The van der Waals surface area contributed by atoms with E-state index in [2.05, 4.69) is 6.58 Å². The molecule has 0 aromatic heterocycles. The smallest absolute Gasteiger partial charge is 0.0877 e. The molecule has 0 aromatic carbocycles. The summed E-state index contributed by atoms with van der Waals surface area (Å²) >= 11 is 0. The van der Waals surface area contributed by atoms with Crippen molar-refractivity contribution >= 4 is 0 Å². The highest BCUT2D eigenvalue weighted by Crippen LogP contribution is 2.05. The Morgan fingerprint density at radius 2 is 1.86 bits per heavy atom. The Labute approximate surface area is 87.6 Å². The van der Waals surface area contributed by atoms with Gasteiger partial charge in [0, 0.05) is 6.61 Å². The van der Waals surface area contributed by atoms with E-state index in [-0.39, 0.29) is 0 Å². The van der Waals surface area contributed by atoms with Crippen molar-refractivity contribution in [1.29, 1.82) is 5.26 Å². The van der Waals surface area contributed by atoms with E-state index in [1.165, 1.54) is 32.1 Å². The molecule has 0 saturated carbocycles. The molecule has 0 unspecified atom stereocenters. The first-order valence-electron chi connectivity index (χ1n) is 5.31. The van der Waals surface area contributed by atoms with Gasteiger partial charge in [-0.05, 0) is 19.3 Å². The first kappa shape index (κ1) is 13.2. The van der Waals surface area contributed by atoms with E-state index >= 15 is 0 Å². The molecule has 0 aliphatic rings. The summed E-state index contributed by atoms with van der Waals surface area (Å²) in [6.45, 7) is 4.93. The quantitative estimate of drug-likeness (QED) is 0.395. The Bertz CT molecular complexity index is 160. The van der Waals surface area contributed by atoms with Crippen LogP contribution in [-0.2, 0) is 4.74 Å². The lowest BCUT2D eigenvalue weighted by Gasteiger charge is -2.01. The molecule has 0 amide bonds. The van der Waals surface area contributed by atoms with Crippen molar-refractivity contribution in [2.24, 2.45) is 0 Å². The fourth-order valence-electron chi connectivity index (χ4n) is 1.20. The van der Waals surface area contributed by atoms with Crippen LogP contribution in [0.3, 0.4) is 0 Å². The molecule has 2 heteroatoms. The van der Waals surface area contributed by atoms with Crippen LogP contribution in [0.4, 0.5) is 0 Å². The SMILES string of the molecule is C=CCCCCCCCOC[CH]C#N. The van der Waals surface area contributed by atoms with Crippen LogP contribution in [-0.4, -0.2) is 13.2 Å². The Balaban J connectivity index is 2.85. The molecule has 0 aliphatic heterocycles. The van der Waals surface area contributed by atoms with E-state index in [4.69, 9.17) is 10.00 Å². The summed E-state index contributed by atoms with van der Waals surface area (Å²) in [6.07, 6.45) is 10.7. The maximum absolute atomic E-state index is 8.20. The zero-order chi connectivity index (χ0) is 10.5. The molecule has 0 fully saturated rings. The maximum Gasteiger partial charge on any atom is 0.0877 e. The third kappa shape index (κ3) is 11.2. The predicted molar refractivity (Wildman–Crippen MR) is 58.6 cm³/mol. The number of ether oxygens (including phenoxy) is 1. The van der Waals surface area contributed by atoms with Gasteiger partial charge in [-0.15, -0.1) is 6.58 Å². The summed E-state index contributed by atoms with van der Waals surface area (Å²) < 4.78 is 5.21. The van der Waals surface area contributed by atoms with Gasteiger partial charge in [0.15, 0.2) is 0 Å². The van der Waals surface area contributed by atoms with Crippen molar-refractivity contribution in [1.82, 2.24) is 0 Å². The number of hydrogen-bond acceptors (Lipinski definition) is 2. The lowest BCUT2D eigenvalue weighted by Crippen LogP contribution is -1.96. The van der Waals surface area contributed by atoms with Gasteiger partial charge in [-0.3, -0.25) is 0 Å². The van der Waals surface area contributed by atoms with E-state index in [0.717, 1.165) is 19.4 Å². The minimum atomic E-state index is 0.465. The molecule has 0 saturated heterocycles.